The molecule has 0 N–H and O–H groups in total. The molecule has 6 nitrogen and oxygen atoms in total. The predicted octanol–water partition coefficient (Wildman–Crippen LogP) is 4.54. The number of rotatable bonds is 5. The minimum absolute atomic E-state index is 0.126. The lowest BCUT2D eigenvalue weighted by Gasteiger charge is -2.51. The van der Waals surface area contributed by atoms with Crippen molar-refractivity contribution in [3.05, 3.63) is 58.8 Å². The third kappa shape index (κ3) is 3.97. The molecule has 0 radical (unpaired) electrons. The molecule has 3 fully saturated rings. The third-order valence-corrected chi connectivity index (χ3v) is 7.32. The van der Waals surface area contributed by atoms with Crippen LogP contribution in [0, 0.1) is 53.6 Å². The van der Waals surface area contributed by atoms with E-state index in [2.05, 4.69) is 10.1 Å². The summed E-state index contributed by atoms with van der Waals surface area (Å²) >= 11 is 0. The van der Waals surface area contributed by atoms with Gasteiger partial charge in [-0.25, -0.2) is 18.8 Å². The van der Waals surface area contributed by atoms with Crippen molar-refractivity contribution in [2.45, 2.75) is 38.6 Å². The minimum Gasteiger partial charge on any atom is -0.477 e. The Morgan fingerprint density at radius 3 is 2.76 bits per heavy atom. The molecule has 6 rings (SSSR count). The Kier molecular flexibility index (Phi) is 5.57. The molecule has 2 heterocycles. The van der Waals surface area contributed by atoms with E-state index in [9.17, 15) is 13.6 Å². The average Bonchev–Trinajstić information content (AvgIpc) is 3.28. The number of fused-ring (bicyclic) bond motifs is 2. The zero-order valence-electron chi connectivity index (χ0n) is 18.2. The first-order valence-electron chi connectivity index (χ1n) is 11.2. The number of nitrogens with zero attached hydrogens (tertiary/aromatic N) is 4. The van der Waals surface area contributed by atoms with E-state index in [1.807, 2.05) is 6.07 Å². The summed E-state index contributed by atoms with van der Waals surface area (Å²) < 4.78 is 34.6. The van der Waals surface area contributed by atoms with Crippen molar-refractivity contribution in [1.29, 1.82) is 5.26 Å². The number of ether oxygens (including phenoxy) is 1. The van der Waals surface area contributed by atoms with Gasteiger partial charge in [0.05, 0.1) is 18.2 Å². The van der Waals surface area contributed by atoms with E-state index in [1.165, 1.54) is 30.3 Å². The van der Waals surface area contributed by atoms with E-state index < -0.39 is 17.7 Å². The Morgan fingerprint density at radius 1 is 1.21 bits per heavy atom. The van der Waals surface area contributed by atoms with Crippen molar-refractivity contribution >= 4 is 12.1 Å². The van der Waals surface area contributed by atoms with Crippen molar-refractivity contribution in [2.24, 2.45) is 28.8 Å². The maximum Gasteiger partial charge on any atom is 0.246 e. The van der Waals surface area contributed by atoms with Crippen LogP contribution in [0.1, 0.15) is 48.4 Å². The Morgan fingerprint density at radius 2 is 2.03 bits per heavy atom. The van der Waals surface area contributed by atoms with Gasteiger partial charge in [-0.3, -0.25) is 4.79 Å². The number of amides is 1. The molecule has 1 aromatic heterocycles. The predicted molar refractivity (Wildman–Crippen MR) is 116 cm³/mol. The normalized spacial score (nSPS) is 27.7. The van der Waals surface area contributed by atoms with Gasteiger partial charge in [-0.05, 0) is 67.7 Å². The van der Waals surface area contributed by atoms with Gasteiger partial charge in [-0.15, -0.1) is 0 Å². The molecule has 1 amide bonds. The summed E-state index contributed by atoms with van der Waals surface area (Å²) in [7, 11) is 0. The Balaban J connectivity index is 1.27. The number of carbonyl (C=O) groups is 1. The summed E-state index contributed by atoms with van der Waals surface area (Å²) in [5, 5.41) is 14.5. The first-order valence-corrected chi connectivity index (χ1v) is 11.2. The number of pyridine rings is 1. The molecule has 3 aliphatic carbocycles. The second-order valence-electron chi connectivity index (χ2n) is 9.26. The lowest BCUT2D eigenvalue weighted by atomic mass is 9.55. The number of halogens is 2. The molecule has 2 unspecified atom stereocenters. The van der Waals surface area contributed by atoms with E-state index >= 15 is 0 Å². The molecule has 2 bridgehead atoms. The summed E-state index contributed by atoms with van der Waals surface area (Å²) in [6.07, 6.45) is 6.03. The quantitative estimate of drug-likeness (QED) is 0.670. The fraction of sp³-hybridized carbons (Fsp3) is 0.440. The lowest BCUT2D eigenvalue weighted by molar-refractivity contribution is -0.148. The van der Waals surface area contributed by atoms with Crippen LogP contribution in [0.3, 0.4) is 0 Å². The van der Waals surface area contributed by atoms with E-state index in [0.717, 1.165) is 12.8 Å². The highest BCUT2D eigenvalue weighted by Gasteiger charge is 2.50. The highest BCUT2D eigenvalue weighted by Crippen LogP contribution is 2.53. The fourth-order valence-electron chi connectivity index (χ4n) is 5.34. The van der Waals surface area contributed by atoms with Gasteiger partial charge >= 0.3 is 0 Å². The number of hydrazone groups is 1. The Hall–Kier alpha value is -3.34. The highest BCUT2D eigenvalue weighted by molar-refractivity contribution is 5.82. The molecular weight excluding hydrogens is 426 g/mol. The molecule has 33 heavy (non-hydrogen) atoms. The van der Waals surface area contributed by atoms with Crippen LogP contribution in [-0.2, 0) is 4.79 Å². The molecular formula is C25H24F2N4O2. The summed E-state index contributed by atoms with van der Waals surface area (Å²) in [5.74, 6) is 0.128. The van der Waals surface area contributed by atoms with E-state index in [1.54, 1.807) is 18.3 Å². The first-order chi connectivity index (χ1) is 15.9. The van der Waals surface area contributed by atoms with E-state index in [0.29, 0.717) is 42.7 Å². The molecule has 1 aromatic carbocycles. The molecule has 3 atom stereocenters. The number of nitriles is 1. The van der Waals surface area contributed by atoms with E-state index in [-0.39, 0.29) is 28.9 Å². The van der Waals surface area contributed by atoms with Crippen LogP contribution in [0.25, 0.3) is 0 Å². The van der Waals surface area contributed by atoms with Gasteiger partial charge in [0.15, 0.2) is 0 Å². The van der Waals surface area contributed by atoms with Gasteiger partial charge < -0.3 is 4.74 Å². The number of aryl methyl sites for hydroxylation is 1. The lowest BCUT2D eigenvalue weighted by Crippen LogP contribution is -2.50. The highest BCUT2D eigenvalue weighted by atomic mass is 19.1. The van der Waals surface area contributed by atoms with Gasteiger partial charge in [0.1, 0.15) is 17.7 Å². The molecule has 3 saturated carbocycles. The van der Waals surface area contributed by atoms with E-state index in [4.69, 9.17) is 10.00 Å². The summed E-state index contributed by atoms with van der Waals surface area (Å²) in [5.41, 5.74) is 0.872. The van der Waals surface area contributed by atoms with Crippen LogP contribution >= 0.6 is 0 Å². The summed E-state index contributed by atoms with van der Waals surface area (Å²) in [6.45, 7) is 1.96. The SMILES string of the molecule is Cc1cc(F)c(C2CC=NN2C(=O)[C@H]2CC(COc3ccc(C#N)cn3)C3CC2C3)cc1F. The van der Waals surface area contributed by atoms with Gasteiger partial charge in [0.2, 0.25) is 11.8 Å². The fourth-order valence-corrected chi connectivity index (χ4v) is 5.34. The van der Waals surface area contributed by atoms with Crippen LogP contribution in [-0.4, -0.2) is 28.7 Å². The number of hydrogen-bond donors (Lipinski definition) is 0. The van der Waals surface area contributed by atoms with Crippen molar-refractivity contribution in [1.82, 2.24) is 9.99 Å². The second kappa shape index (κ2) is 8.54. The second-order valence-corrected chi connectivity index (χ2v) is 9.26. The Bertz CT molecular complexity index is 1140. The molecule has 1 aliphatic heterocycles. The van der Waals surface area contributed by atoms with Crippen LogP contribution in [0.5, 0.6) is 5.88 Å². The average molecular weight is 450 g/mol. The first kappa shape index (κ1) is 21.5. The topological polar surface area (TPSA) is 78.6 Å². The summed E-state index contributed by atoms with van der Waals surface area (Å²) in [6, 6.07) is 7.10. The largest absolute Gasteiger partial charge is 0.477 e. The zero-order valence-corrected chi connectivity index (χ0v) is 18.2. The number of hydrogen-bond acceptors (Lipinski definition) is 5. The van der Waals surface area contributed by atoms with Crippen LogP contribution in [0.15, 0.2) is 35.6 Å². The molecule has 0 spiro atoms. The summed E-state index contributed by atoms with van der Waals surface area (Å²) in [4.78, 5) is 17.6. The number of benzene rings is 1. The smallest absolute Gasteiger partial charge is 0.246 e. The van der Waals surface area contributed by atoms with Crippen LogP contribution < -0.4 is 4.74 Å². The van der Waals surface area contributed by atoms with Crippen molar-refractivity contribution in [2.75, 3.05) is 6.61 Å². The third-order valence-electron chi connectivity index (χ3n) is 7.32. The Labute approximate surface area is 190 Å². The van der Waals surface area contributed by atoms with Gasteiger partial charge in [-0.1, -0.05) is 0 Å². The standard InChI is InChI=1S/C25H24F2N4O2/c1-14-6-22(27)20(10-21(14)26)23-4-5-30-31(23)25(32)19-9-18(16-7-17(19)8-16)13-33-24-3-2-15(11-28)12-29-24/h2-3,5-6,10,12,16-19,23H,4,7-9,13H2,1H3/t16?,17?,18?,19-,23?/m0/s1. The molecule has 4 aliphatic rings. The van der Waals surface area contributed by atoms with Gasteiger partial charge in [0, 0.05) is 36.4 Å². The monoisotopic (exact) mass is 450 g/mol. The zero-order chi connectivity index (χ0) is 23.1. The molecule has 2 aromatic rings. The van der Waals surface area contributed by atoms with Gasteiger partial charge in [-0.2, -0.15) is 10.4 Å². The van der Waals surface area contributed by atoms with Gasteiger partial charge in [0.25, 0.3) is 0 Å². The molecule has 8 heteroatoms. The maximum absolute atomic E-state index is 14.6. The number of carbonyl (C=O) groups excluding carboxylic acids is 1. The maximum atomic E-state index is 14.6. The van der Waals surface area contributed by atoms with Crippen molar-refractivity contribution in [3.63, 3.8) is 0 Å². The number of aromatic nitrogens is 1. The van der Waals surface area contributed by atoms with Crippen LogP contribution in [0.2, 0.25) is 0 Å². The molecule has 170 valence electrons. The van der Waals surface area contributed by atoms with Crippen molar-refractivity contribution < 1.29 is 18.3 Å². The molecule has 0 saturated heterocycles. The van der Waals surface area contributed by atoms with Crippen LogP contribution in [0.4, 0.5) is 8.78 Å². The minimum atomic E-state index is -0.622. The van der Waals surface area contributed by atoms with Crippen molar-refractivity contribution in [3.8, 4) is 11.9 Å².